The van der Waals surface area contributed by atoms with Gasteiger partial charge < -0.3 is 36.0 Å². The first-order valence-corrected chi connectivity index (χ1v) is 17.1. The minimum absolute atomic E-state index is 0.0615. The summed E-state index contributed by atoms with van der Waals surface area (Å²) in [6.45, 7) is 3.05. The number of piperazine rings is 1. The van der Waals surface area contributed by atoms with E-state index in [0.717, 1.165) is 29.4 Å². The summed E-state index contributed by atoms with van der Waals surface area (Å²) in [6.07, 6.45) is 0.247. The van der Waals surface area contributed by atoms with Crippen molar-refractivity contribution in [1.29, 1.82) is 0 Å². The minimum Gasteiger partial charge on any atom is -0.397 e. The third-order valence-electron chi connectivity index (χ3n) is 9.21. The zero-order valence-electron chi connectivity index (χ0n) is 26.0. The maximum atomic E-state index is 13.9. The van der Waals surface area contributed by atoms with Crippen LogP contribution in [0.2, 0.25) is 5.02 Å². The number of amides is 5. The molecule has 0 unspecified atom stereocenters. The fourth-order valence-electron chi connectivity index (χ4n) is 6.55. The van der Waals surface area contributed by atoms with Crippen molar-refractivity contribution in [2.75, 3.05) is 61.8 Å². The van der Waals surface area contributed by atoms with E-state index in [-0.39, 0.29) is 29.1 Å². The third kappa shape index (κ3) is 7.41. The number of anilines is 3. The number of nitrogens with one attached hydrogen (secondary N) is 2. The standard InChI is InChI=1S/C32H36ClF3N8O3S/c33-25-16-20(15-24(28(25)37)32(34,35)36)17-26(29(45)42-13-11-41(12-14-42)22-1-6-38-7-2-22)39-30(46)43-8-4-23(5-9-43)44-10-3-21-18-48-19-27(21)40-31(44)47/h1-2,6-7,15-16,18-19,23,26H,3-5,8-14,17,37H2,(H,39,46)(H,40,47)/t26-/m1/s1. The number of carbonyl (C=O) groups excluding carboxylic acids is 3. The topological polar surface area (TPSA) is 127 Å². The molecule has 16 heteroatoms. The molecular formula is C32H36ClF3N8O3S. The molecule has 256 valence electrons. The van der Waals surface area contributed by atoms with Crippen LogP contribution < -0.4 is 21.3 Å². The molecule has 1 aromatic carbocycles. The molecule has 4 N–H and O–H groups in total. The fourth-order valence-corrected chi connectivity index (χ4v) is 7.61. The molecule has 2 fully saturated rings. The van der Waals surface area contributed by atoms with E-state index in [1.165, 1.54) is 6.07 Å². The summed E-state index contributed by atoms with van der Waals surface area (Å²) in [6, 6.07) is 4.07. The largest absolute Gasteiger partial charge is 0.418 e. The lowest BCUT2D eigenvalue weighted by Crippen LogP contribution is -2.58. The zero-order chi connectivity index (χ0) is 34.0. The highest BCUT2D eigenvalue weighted by molar-refractivity contribution is 7.08. The van der Waals surface area contributed by atoms with Gasteiger partial charge in [0, 0.05) is 81.7 Å². The molecule has 2 saturated heterocycles. The first-order valence-electron chi connectivity index (χ1n) is 15.7. The molecule has 0 spiro atoms. The third-order valence-corrected chi connectivity index (χ3v) is 10.3. The second-order valence-corrected chi connectivity index (χ2v) is 13.3. The molecule has 0 bridgehead atoms. The number of nitrogen functional groups attached to an aromatic ring is 1. The van der Waals surface area contributed by atoms with Crippen molar-refractivity contribution >= 4 is 58.0 Å². The molecule has 5 amide bonds. The summed E-state index contributed by atoms with van der Waals surface area (Å²) in [5.41, 5.74) is 6.98. The number of hydrogen-bond donors (Lipinski definition) is 3. The van der Waals surface area contributed by atoms with Gasteiger partial charge >= 0.3 is 18.2 Å². The molecule has 3 aliphatic heterocycles. The Kier molecular flexibility index (Phi) is 9.88. The molecule has 48 heavy (non-hydrogen) atoms. The Morgan fingerprint density at radius 3 is 2.44 bits per heavy atom. The van der Waals surface area contributed by atoms with Crippen LogP contribution in [-0.2, 0) is 23.8 Å². The number of piperidine rings is 1. The van der Waals surface area contributed by atoms with Gasteiger partial charge in [0.05, 0.1) is 22.0 Å². The van der Waals surface area contributed by atoms with Crippen molar-refractivity contribution in [1.82, 2.24) is 25.0 Å². The van der Waals surface area contributed by atoms with Gasteiger partial charge in [0.2, 0.25) is 5.91 Å². The van der Waals surface area contributed by atoms with Crippen molar-refractivity contribution in [3.63, 3.8) is 0 Å². The maximum Gasteiger partial charge on any atom is 0.418 e. The highest BCUT2D eigenvalue weighted by Crippen LogP contribution is 2.38. The highest BCUT2D eigenvalue weighted by Gasteiger charge is 2.37. The second kappa shape index (κ2) is 14.1. The highest BCUT2D eigenvalue weighted by atomic mass is 35.5. The maximum absolute atomic E-state index is 13.9. The first kappa shape index (κ1) is 33.7. The van der Waals surface area contributed by atoms with Crippen LogP contribution in [0.5, 0.6) is 0 Å². The van der Waals surface area contributed by atoms with Crippen LogP contribution in [0.1, 0.15) is 29.5 Å². The number of nitrogens with zero attached hydrogens (tertiary/aromatic N) is 5. The molecule has 3 aromatic rings. The summed E-state index contributed by atoms with van der Waals surface area (Å²) < 4.78 is 41.3. The van der Waals surface area contributed by atoms with Crippen LogP contribution >= 0.6 is 22.9 Å². The predicted molar refractivity (Wildman–Crippen MR) is 178 cm³/mol. The molecule has 0 saturated carbocycles. The molecule has 3 aliphatic rings. The van der Waals surface area contributed by atoms with E-state index in [0.29, 0.717) is 58.7 Å². The van der Waals surface area contributed by atoms with Crippen LogP contribution in [0.25, 0.3) is 0 Å². The lowest BCUT2D eigenvalue weighted by molar-refractivity contribution is -0.137. The Morgan fingerprint density at radius 2 is 1.75 bits per heavy atom. The number of halogens is 4. The SMILES string of the molecule is Nc1c(Cl)cc(C[C@@H](NC(=O)N2CCC(N3CCc4cscc4NC3=O)CC2)C(=O)N2CCN(c3ccncc3)CC2)cc1C(F)(F)F. The number of pyridine rings is 1. The molecule has 1 atom stereocenters. The average Bonchev–Trinajstić information content (AvgIpc) is 3.45. The van der Waals surface area contributed by atoms with Crippen LogP contribution in [0.4, 0.5) is 39.8 Å². The van der Waals surface area contributed by atoms with Crippen molar-refractivity contribution < 1.29 is 27.6 Å². The van der Waals surface area contributed by atoms with Gasteiger partial charge in [0.25, 0.3) is 0 Å². The number of likely N-dealkylation sites (tertiary alicyclic amines) is 1. The van der Waals surface area contributed by atoms with Gasteiger partial charge in [-0.15, -0.1) is 11.3 Å². The number of nitrogens with two attached hydrogens (primary N) is 1. The molecule has 5 heterocycles. The van der Waals surface area contributed by atoms with Crippen LogP contribution in [0.3, 0.4) is 0 Å². The van der Waals surface area contributed by atoms with Gasteiger partial charge in [-0.1, -0.05) is 11.6 Å². The lowest BCUT2D eigenvalue weighted by Gasteiger charge is -2.39. The van der Waals surface area contributed by atoms with E-state index in [1.54, 1.807) is 33.5 Å². The lowest BCUT2D eigenvalue weighted by atomic mass is 10.00. The Balaban J connectivity index is 1.14. The van der Waals surface area contributed by atoms with Crippen LogP contribution in [0, 0.1) is 0 Å². The number of alkyl halides is 3. The van der Waals surface area contributed by atoms with E-state index < -0.39 is 35.4 Å². The van der Waals surface area contributed by atoms with E-state index >= 15 is 0 Å². The van der Waals surface area contributed by atoms with Crippen molar-refractivity contribution in [2.45, 2.75) is 43.9 Å². The van der Waals surface area contributed by atoms with Gasteiger partial charge in [-0.2, -0.15) is 13.2 Å². The Labute approximate surface area is 284 Å². The first-order chi connectivity index (χ1) is 23.0. The quantitative estimate of drug-likeness (QED) is 0.313. The van der Waals surface area contributed by atoms with Crippen molar-refractivity contribution in [3.8, 4) is 0 Å². The Morgan fingerprint density at radius 1 is 1.04 bits per heavy atom. The molecule has 6 rings (SSSR count). The molecule has 2 aromatic heterocycles. The summed E-state index contributed by atoms with van der Waals surface area (Å²) in [4.78, 5) is 51.7. The smallest absolute Gasteiger partial charge is 0.397 e. The van der Waals surface area contributed by atoms with E-state index in [1.807, 2.05) is 27.8 Å². The Hall–Kier alpha value is -4.24. The van der Waals surface area contributed by atoms with Gasteiger partial charge in [-0.25, -0.2) is 9.59 Å². The number of benzene rings is 1. The van der Waals surface area contributed by atoms with Gasteiger partial charge in [-0.05, 0) is 60.0 Å². The Bertz CT molecular complexity index is 1640. The number of thiophene rings is 1. The molecule has 0 radical (unpaired) electrons. The molecular weight excluding hydrogens is 669 g/mol. The number of rotatable bonds is 6. The van der Waals surface area contributed by atoms with Crippen molar-refractivity contribution in [3.05, 3.63) is 69.1 Å². The van der Waals surface area contributed by atoms with Gasteiger partial charge in [0.1, 0.15) is 6.04 Å². The second-order valence-electron chi connectivity index (χ2n) is 12.2. The molecule has 11 nitrogen and oxygen atoms in total. The van der Waals surface area contributed by atoms with Crippen LogP contribution in [-0.4, -0.2) is 95.6 Å². The number of aromatic nitrogens is 1. The number of hydrogen-bond acceptors (Lipinski definition) is 7. The van der Waals surface area contributed by atoms with E-state index in [2.05, 4.69) is 20.5 Å². The number of fused-ring (bicyclic) bond motifs is 1. The summed E-state index contributed by atoms with van der Waals surface area (Å²) in [7, 11) is 0. The monoisotopic (exact) mass is 704 g/mol. The molecule has 0 aliphatic carbocycles. The predicted octanol–water partition coefficient (Wildman–Crippen LogP) is 4.92. The van der Waals surface area contributed by atoms with E-state index in [4.69, 9.17) is 17.3 Å². The summed E-state index contributed by atoms with van der Waals surface area (Å²) >= 11 is 7.65. The van der Waals surface area contributed by atoms with Gasteiger partial charge in [-0.3, -0.25) is 9.78 Å². The fraction of sp³-hybridized carbons (Fsp3) is 0.438. The van der Waals surface area contributed by atoms with Crippen LogP contribution in [0.15, 0.2) is 47.4 Å². The van der Waals surface area contributed by atoms with Crippen molar-refractivity contribution in [2.24, 2.45) is 0 Å². The summed E-state index contributed by atoms with van der Waals surface area (Å²) in [5.74, 6) is -0.400. The number of urea groups is 2. The zero-order valence-corrected chi connectivity index (χ0v) is 27.6. The number of carbonyl (C=O) groups is 3. The summed E-state index contributed by atoms with van der Waals surface area (Å²) in [5, 5.41) is 9.47. The average molecular weight is 705 g/mol. The minimum atomic E-state index is -4.75. The normalized spacial score (nSPS) is 18.2. The van der Waals surface area contributed by atoms with E-state index in [9.17, 15) is 27.6 Å². The van der Waals surface area contributed by atoms with Gasteiger partial charge in [0.15, 0.2) is 0 Å².